The molecule has 4 rings (SSSR count). The third-order valence-corrected chi connectivity index (χ3v) is 7.77. The molecule has 1 aliphatic carbocycles. The predicted octanol–water partition coefficient (Wildman–Crippen LogP) is 3.85. The Balaban J connectivity index is 1.73. The minimum absolute atomic E-state index is 0.161. The average molecular weight is 535 g/mol. The number of anilines is 1. The Labute approximate surface area is 230 Å². The van der Waals surface area contributed by atoms with Crippen LogP contribution in [0.25, 0.3) is 0 Å². The van der Waals surface area contributed by atoms with Crippen molar-refractivity contribution in [2.75, 3.05) is 25.6 Å². The molecule has 0 bridgehead atoms. The number of aliphatic hydroxyl groups excluding tert-OH is 1. The maximum atomic E-state index is 14.2. The monoisotopic (exact) mass is 534 g/mol. The summed E-state index contributed by atoms with van der Waals surface area (Å²) in [6.45, 7) is 3.68. The first-order chi connectivity index (χ1) is 18.9. The van der Waals surface area contributed by atoms with E-state index in [0.29, 0.717) is 17.9 Å². The standard InChI is InChI=1S/C31H38N2O6/c1-4-9-21-12-17-25-27(26(21)31(37)39-5-2)30(36)33(23(19-34)18-20-10-7-6-8-11-20)28(25)29(35)32-22-13-15-24(38-3)16-14-22/h6-8,10-17,21,23,25-28,34H,4-5,9,18-19H2,1-3H3,(H,32,35)/t21-,23-,25+,26-,27-,28+/m1/s1. The number of nitrogens with zero attached hydrogens (tertiary/aromatic N) is 1. The molecule has 1 heterocycles. The molecule has 0 saturated carbocycles. The topological polar surface area (TPSA) is 105 Å². The van der Waals surface area contributed by atoms with E-state index in [1.807, 2.05) is 49.4 Å². The first-order valence-electron chi connectivity index (χ1n) is 13.7. The van der Waals surface area contributed by atoms with Crippen molar-refractivity contribution in [1.29, 1.82) is 0 Å². The quantitative estimate of drug-likeness (QED) is 0.335. The van der Waals surface area contributed by atoms with Gasteiger partial charge in [-0.1, -0.05) is 55.8 Å². The third kappa shape index (κ3) is 6.01. The number of rotatable bonds is 11. The van der Waals surface area contributed by atoms with Crippen molar-refractivity contribution in [2.45, 2.75) is 45.2 Å². The summed E-state index contributed by atoms with van der Waals surface area (Å²) in [5.74, 6) is -2.56. The number of likely N-dealkylation sites (tertiary alicyclic amines) is 1. The van der Waals surface area contributed by atoms with Gasteiger partial charge >= 0.3 is 5.97 Å². The van der Waals surface area contributed by atoms with Gasteiger partial charge in [0.1, 0.15) is 11.8 Å². The Bertz CT molecular complexity index is 1170. The number of aliphatic hydroxyl groups is 1. The number of benzene rings is 2. The maximum absolute atomic E-state index is 14.2. The summed E-state index contributed by atoms with van der Waals surface area (Å²) in [4.78, 5) is 42.9. The molecule has 1 saturated heterocycles. The van der Waals surface area contributed by atoms with E-state index >= 15 is 0 Å². The zero-order valence-corrected chi connectivity index (χ0v) is 22.8. The van der Waals surface area contributed by atoms with Gasteiger partial charge in [-0.25, -0.2) is 0 Å². The zero-order valence-electron chi connectivity index (χ0n) is 22.8. The molecule has 0 unspecified atom stereocenters. The van der Waals surface area contributed by atoms with Gasteiger partial charge in [0, 0.05) is 11.6 Å². The largest absolute Gasteiger partial charge is 0.497 e. The molecule has 0 aromatic heterocycles. The summed E-state index contributed by atoms with van der Waals surface area (Å²) < 4.78 is 10.7. The number of ether oxygens (including phenoxy) is 2. The van der Waals surface area contributed by atoms with Crippen LogP contribution in [-0.2, 0) is 25.5 Å². The second-order valence-corrected chi connectivity index (χ2v) is 10.2. The van der Waals surface area contributed by atoms with E-state index in [2.05, 4.69) is 5.32 Å². The molecular weight excluding hydrogens is 496 g/mol. The summed E-state index contributed by atoms with van der Waals surface area (Å²) in [6.07, 6.45) is 5.85. The number of carbonyl (C=O) groups is 3. The summed E-state index contributed by atoms with van der Waals surface area (Å²) in [6, 6.07) is 15.0. The zero-order chi connectivity index (χ0) is 27.9. The van der Waals surface area contributed by atoms with E-state index < -0.39 is 35.8 Å². The van der Waals surface area contributed by atoms with Gasteiger partial charge < -0.3 is 24.8 Å². The number of nitrogens with one attached hydrogen (secondary N) is 1. The Hall–Kier alpha value is -3.65. The Morgan fingerprint density at radius 1 is 1.05 bits per heavy atom. The summed E-state index contributed by atoms with van der Waals surface area (Å²) in [5.41, 5.74) is 1.50. The molecule has 2 amide bonds. The second-order valence-electron chi connectivity index (χ2n) is 10.2. The first kappa shape index (κ1) is 28.4. The van der Waals surface area contributed by atoms with Crippen molar-refractivity contribution >= 4 is 23.5 Å². The number of amides is 2. The van der Waals surface area contributed by atoms with Gasteiger partial charge in [-0.3, -0.25) is 14.4 Å². The molecule has 2 aromatic carbocycles. The SMILES string of the molecule is CCC[C@@H]1C=C[C@H]2[C@@H](C(=O)N([C@@H](CO)Cc3ccccc3)[C@@H]2C(=O)Nc2ccc(OC)cc2)[C@@H]1C(=O)OCC. The predicted molar refractivity (Wildman–Crippen MR) is 148 cm³/mol. The van der Waals surface area contributed by atoms with Gasteiger partial charge in [0.15, 0.2) is 0 Å². The smallest absolute Gasteiger partial charge is 0.310 e. The molecule has 39 heavy (non-hydrogen) atoms. The summed E-state index contributed by atoms with van der Waals surface area (Å²) in [7, 11) is 1.57. The number of hydrogen-bond acceptors (Lipinski definition) is 6. The molecule has 0 radical (unpaired) electrons. The number of hydrogen-bond donors (Lipinski definition) is 2. The van der Waals surface area contributed by atoms with Crippen LogP contribution in [0.4, 0.5) is 5.69 Å². The van der Waals surface area contributed by atoms with Gasteiger partial charge in [0.25, 0.3) is 0 Å². The van der Waals surface area contributed by atoms with Crippen LogP contribution < -0.4 is 10.1 Å². The van der Waals surface area contributed by atoms with Crippen molar-refractivity contribution < 1.29 is 29.0 Å². The molecule has 2 aromatic rings. The van der Waals surface area contributed by atoms with E-state index in [1.54, 1.807) is 38.3 Å². The van der Waals surface area contributed by atoms with Crippen LogP contribution in [-0.4, -0.2) is 60.2 Å². The normalized spacial score (nSPS) is 24.7. The van der Waals surface area contributed by atoms with Crippen molar-refractivity contribution in [3.63, 3.8) is 0 Å². The lowest BCUT2D eigenvalue weighted by molar-refractivity contribution is -0.156. The van der Waals surface area contributed by atoms with E-state index in [0.717, 1.165) is 18.4 Å². The van der Waals surface area contributed by atoms with Crippen LogP contribution in [0.3, 0.4) is 0 Å². The Kier molecular flexibility index (Phi) is 9.41. The van der Waals surface area contributed by atoms with Crippen LogP contribution in [0, 0.1) is 23.7 Å². The first-order valence-corrected chi connectivity index (χ1v) is 13.7. The fraction of sp³-hybridized carbons (Fsp3) is 0.452. The number of allylic oxidation sites excluding steroid dienone is 1. The van der Waals surface area contributed by atoms with Crippen molar-refractivity contribution in [3.05, 3.63) is 72.3 Å². The van der Waals surface area contributed by atoms with Crippen LogP contribution in [0.1, 0.15) is 32.3 Å². The van der Waals surface area contributed by atoms with Crippen LogP contribution in [0.15, 0.2) is 66.7 Å². The number of esters is 1. The molecule has 1 aliphatic heterocycles. The van der Waals surface area contributed by atoms with Gasteiger partial charge in [-0.2, -0.15) is 0 Å². The third-order valence-electron chi connectivity index (χ3n) is 7.77. The van der Waals surface area contributed by atoms with Crippen molar-refractivity contribution in [1.82, 2.24) is 4.90 Å². The highest BCUT2D eigenvalue weighted by Gasteiger charge is 2.58. The molecule has 2 aliphatic rings. The molecule has 208 valence electrons. The summed E-state index contributed by atoms with van der Waals surface area (Å²) >= 11 is 0. The molecule has 6 atom stereocenters. The Morgan fingerprint density at radius 2 is 1.77 bits per heavy atom. The molecule has 0 spiro atoms. The fourth-order valence-corrected chi connectivity index (χ4v) is 6.04. The van der Waals surface area contributed by atoms with Gasteiger partial charge in [-0.15, -0.1) is 0 Å². The lowest BCUT2D eigenvalue weighted by atomic mass is 9.69. The van der Waals surface area contributed by atoms with Crippen LogP contribution in [0.2, 0.25) is 0 Å². The van der Waals surface area contributed by atoms with Gasteiger partial charge in [0.2, 0.25) is 11.8 Å². The molecule has 2 N–H and O–H groups in total. The minimum atomic E-state index is -0.902. The highest BCUT2D eigenvalue weighted by atomic mass is 16.5. The fourth-order valence-electron chi connectivity index (χ4n) is 6.04. The maximum Gasteiger partial charge on any atom is 0.310 e. The highest BCUT2D eigenvalue weighted by Crippen LogP contribution is 2.46. The average Bonchev–Trinajstić information content (AvgIpc) is 3.25. The summed E-state index contributed by atoms with van der Waals surface area (Å²) in [5, 5.41) is 13.4. The number of fused-ring (bicyclic) bond motifs is 1. The Morgan fingerprint density at radius 3 is 2.38 bits per heavy atom. The second kappa shape index (κ2) is 12.9. The molecule has 8 heteroatoms. The highest BCUT2D eigenvalue weighted by molar-refractivity contribution is 6.01. The van der Waals surface area contributed by atoms with E-state index in [1.165, 1.54) is 4.90 Å². The lowest BCUT2D eigenvalue weighted by Gasteiger charge is -2.34. The molecule has 1 fully saturated rings. The van der Waals surface area contributed by atoms with Gasteiger partial charge in [0.05, 0.1) is 38.2 Å². The lowest BCUT2D eigenvalue weighted by Crippen LogP contribution is -2.51. The van der Waals surface area contributed by atoms with Gasteiger partial charge in [-0.05, 0) is 55.5 Å². The minimum Gasteiger partial charge on any atom is -0.497 e. The van der Waals surface area contributed by atoms with E-state index in [-0.39, 0.29) is 30.9 Å². The number of methoxy groups -OCH3 is 1. The van der Waals surface area contributed by atoms with Crippen LogP contribution in [0.5, 0.6) is 5.75 Å². The molecule has 8 nitrogen and oxygen atoms in total. The van der Waals surface area contributed by atoms with Crippen molar-refractivity contribution in [3.8, 4) is 5.75 Å². The molecular formula is C31H38N2O6. The number of carbonyl (C=O) groups excluding carboxylic acids is 3. The van der Waals surface area contributed by atoms with E-state index in [4.69, 9.17) is 9.47 Å². The van der Waals surface area contributed by atoms with E-state index in [9.17, 15) is 19.5 Å². The van der Waals surface area contributed by atoms with Crippen molar-refractivity contribution in [2.24, 2.45) is 23.7 Å². The van der Waals surface area contributed by atoms with Crippen LogP contribution >= 0.6 is 0 Å².